The summed E-state index contributed by atoms with van der Waals surface area (Å²) in [5, 5.41) is 11.6. The quantitative estimate of drug-likeness (QED) is 0.717. The fourth-order valence-corrected chi connectivity index (χ4v) is 2.01. The molecule has 0 bridgehead atoms. The largest absolute Gasteiger partial charge is 0.481 e. The first-order valence-corrected chi connectivity index (χ1v) is 5.98. The van der Waals surface area contributed by atoms with Crippen molar-refractivity contribution >= 4 is 12.0 Å². The predicted octanol–water partition coefficient (Wildman–Crippen LogP) is 1.60. The number of carboxylic acids is 1. The van der Waals surface area contributed by atoms with Crippen LogP contribution in [-0.2, 0) is 4.79 Å². The lowest BCUT2D eigenvalue weighted by Gasteiger charge is -2.28. The van der Waals surface area contributed by atoms with Crippen molar-refractivity contribution in [2.24, 2.45) is 0 Å². The summed E-state index contributed by atoms with van der Waals surface area (Å²) in [5.41, 5.74) is 0. The van der Waals surface area contributed by atoms with E-state index in [1.165, 1.54) is 0 Å². The van der Waals surface area contributed by atoms with Gasteiger partial charge in [-0.15, -0.1) is 0 Å². The molecule has 0 spiro atoms. The Morgan fingerprint density at radius 3 is 2.53 bits per heavy atom. The number of nitrogens with zero attached hydrogens (tertiary/aromatic N) is 1. The van der Waals surface area contributed by atoms with Crippen LogP contribution >= 0.6 is 0 Å². The second kappa shape index (κ2) is 6.27. The summed E-state index contributed by atoms with van der Waals surface area (Å²) in [5.74, 6) is -0.883. The van der Waals surface area contributed by atoms with E-state index in [9.17, 15) is 9.59 Å². The number of hydrogen-bond acceptors (Lipinski definition) is 2. The van der Waals surface area contributed by atoms with Crippen LogP contribution in [0.5, 0.6) is 0 Å². The van der Waals surface area contributed by atoms with Crippen LogP contribution in [-0.4, -0.2) is 40.6 Å². The first-order chi connectivity index (χ1) is 8.04. The topological polar surface area (TPSA) is 69.6 Å². The van der Waals surface area contributed by atoms with E-state index in [0.29, 0.717) is 6.54 Å². The fourth-order valence-electron chi connectivity index (χ4n) is 2.01. The zero-order chi connectivity index (χ0) is 12.8. The molecule has 5 heteroatoms. The van der Waals surface area contributed by atoms with Gasteiger partial charge >= 0.3 is 12.0 Å². The van der Waals surface area contributed by atoms with E-state index in [0.717, 1.165) is 12.8 Å². The molecular weight excluding hydrogens is 220 g/mol. The predicted molar refractivity (Wildman–Crippen MR) is 64.8 cm³/mol. The number of carbonyl (C=O) groups is 2. The molecule has 5 nitrogen and oxygen atoms in total. The summed E-state index contributed by atoms with van der Waals surface area (Å²) in [6, 6.07) is -0.296. The van der Waals surface area contributed by atoms with E-state index in [1.807, 2.05) is 19.1 Å². The summed E-state index contributed by atoms with van der Waals surface area (Å²) >= 11 is 0. The molecule has 17 heavy (non-hydrogen) atoms. The Balaban J connectivity index is 2.47. The lowest BCUT2D eigenvalue weighted by Crippen LogP contribution is -2.48. The van der Waals surface area contributed by atoms with Crippen LogP contribution in [0.3, 0.4) is 0 Å². The highest BCUT2D eigenvalue weighted by Gasteiger charge is 2.23. The Bertz CT molecular complexity index is 307. The molecule has 0 radical (unpaired) electrons. The number of amides is 2. The zero-order valence-electron chi connectivity index (χ0n) is 10.3. The highest BCUT2D eigenvalue weighted by atomic mass is 16.4. The number of nitrogens with one attached hydrogen (secondary N) is 1. The first-order valence-electron chi connectivity index (χ1n) is 5.98. The molecule has 1 rings (SSSR count). The standard InChI is InChI=1S/C12H20N2O3/c1-3-14(9(2)8-11(15)16)12(17)13-10-6-4-5-7-10/h4-5,9-10H,3,6-8H2,1-2H3,(H,13,17)(H,15,16). The Labute approximate surface area is 101 Å². The third-order valence-corrected chi connectivity index (χ3v) is 2.94. The number of rotatable bonds is 5. The molecule has 0 heterocycles. The molecule has 2 amide bonds. The van der Waals surface area contributed by atoms with Crippen LogP contribution in [0.4, 0.5) is 4.79 Å². The molecule has 1 unspecified atom stereocenters. The monoisotopic (exact) mass is 240 g/mol. The van der Waals surface area contributed by atoms with Gasteiger partial charge in [0.25, 0.3) is 0 Å². The highest BCUT2D eigenvalue weighted by Crippen LogP contribution is 2.11. The summed E-state index contributed by atoms with van der Waals surface area (Å²) in [6.07, 6.45) is 5.78. The number of hydrogen-bond donors (Lipinski definition) is 2. The molecule has 0 aromatic carbocycles. The second-order valence-electron chi connectivity index (χ2n) is 4.32. The van der Waals surface area contributed by atoms with E-state index in [4.69, 9.17) is 5.11 Å². The van der Waals surface area contributed by atoms with E-state index in [2.05, 4.69) is 5.32 Å². The van der Waals surface area contributed by atoms with Gasteiger partial charge in [0, 0.05) is 18.6 Å². The molecule has 0 saturated heterocycles. The Kier molecular flexibility index (Phi) is 5.00. The van der Waals surface area contributed by atoms with Gasteiger partial charge in [-0.2, -0.15) is 0 Å². The first kappa shape index (κ1) is 13.5. The van der Waals surface area contributed by atoms with Gasteiger partial charge in [-0.25, -0.2) is 4.79 Å². The molecule has 1 aliphatic carbocycles. The van der Waals surface area contributed by atoms with Crippen molar-refractivity contribution in [1.29, 1.82) is 0 Å². The smallest absolute Gasteiger partial charge is 0.317 e. The van der Waals surface area contributed by atoms with E-state index >= 15 is 0 Å². The molecule has 1 aliphatic rings. The molecule has 0 aromatic rings. The third-order valence-electron chi connectivity index (χ3n) is 2.94. The van der Waals surface area contributed by atoms with Crippen molar-refractivity contribution in [3.8, 4) is 0 Å². The van der Waals surface area contributed by atoms with Gasteiger partial charge in [0.2, 0.25) is 0 Å². The lowest BCUT2D eigenvalue weighted by atomic mass is 10.2. The molecule has 0 aliphatic heterocycles. The normalized spacial score (nSPS) is 16.8. The van der Waals surface area contributed by atoms with Crippen LogP contribution in [0.1, 0.15) is 33.1 Å². The molecule has 0 fully saturated rings. The number of urea groups is 1. The fraction of sp³-hybridized carbons (Fsp3) is 0.667. The minimum Gasteiger partial charge on any atom is -0.481 e. The van der Waals surface area contributed by atoms with Gasteiger partial charge in [-0.3, -0.25) is 4.79 Å². The van der Waals surface area contributed by atoms with Crippen molar-refractivity contribution in [3.05, 3.63) is 12.2 Å². The van der Waals surface area contributed by atoms with Crippen LogP contribution in [0.2, 0.25) is 0 Å². The molecule has 0 saturated carbocycles. The maximum Gasteiger partial charge on any atom is 0.317 e. The van der Waals surface area contributed by atoms with Crippen LogP contribution in [0.15, 0.2) is 12.2 Å². The highest BCUT2D eigenvalue weighted by molar-refractivity contribution is 5.76. The zero-order valence-corrected chi connectivity index (χ0v) is 10.3. The molecule has 96 valence electrons. The van der Waals surface area contributed by atoms with Crippen LogP contribution in [0.25, 0.3) is 0 Å². The van der Waals surface area contributed by atoms with Gasteiger partial charge in [0.1, 0.15) is 0 Å². The number of aliphatic carboxylic acids is 1. The van der Waals surface area contributed by atoms with Crippen molar-refractivity contribution < 1.29 is 14.7 Å². The van der Waals surface area contributed by atoms with Gasteiger partial charge in [0.15, 0.2) is 0 Å². The Morgan fingerprint density at radius 2 is 2.06 bits per heavy atom. The SMILES string of the molecule is CCN(C(=O)NC1CC=CC1)C(C)CC(=O)O. The summed E-state index contributed by atoms with van der Waals surface area (Å²) in [4.78, 5) is 24.1. The van der Waals surface area contributed by atoms with Gasteiger partial charge in [0.05, 0.1) is 6.42 Å². The van der Waals surface area contributed by atoms with Gasteiger partial charge in [-0.1, -0.05) is 12.2 Å². The molecule has 1 atom stereocenters. The molecule has 0 aromatic heterocycles. The van der Waals surface area contributed by atoms with Gasteiger partial charge in [-0.05, 0) is 26.7 Å². The van der Waals surface area contributed by atoms with Crippen LogP contribution < -0.4 is 5.32 Å². The average Bonchev–Trinajstić information content (AvgIpc) is 2.70. The van der Waals surface area contributed by atoms with E-state index < -0.39 is 5.97 Å². The van der Waals surface area contributed by atoms with E-state index in [-0.39, 0.29) is 24.5 Å². The Hall–Kier alpha value is -1.52. The minimum absolute atomic E-state index is 0.0236. The second-order valence-corrected chi connectivity index (χ2v) is 4.32. The maximum atomic E-state index is 11.9. The summed E-state index contributed by atoms with van der Waals surface area (Å²) in [6.45, 7) is 4.12. The number of carbonyl (C=O) groups excluding carboxylic acids is 1. The van der Waals surface area contributed by atoms with Crippen molar-refractivity contribution in [1.82, 2.24) is 10.2 Å². The average molecular weight is 240 g/mol. The maximum absolute atomic E-state index is 11.9. The van der Waals surface area contributed by atoms with Crippen molar-refractivity contribution in [2.75, 3.05) is 6.54 Å². The molecule has 2 N–H and O–H groups in total. The third kappa shape index (κ3) is 4.09. The minimum atomic E-state index is -0.883. The van der Waals surface area contributed by atoms with Crippen LogP contribution in [0, 0.1) is 0 Å². The lowest BCUT2D eigenvalue weighted by molar-refractivity contribution is -0.138. The summed E-state index contributed by atoms with van der Waals surface area (Å²) in [7, 11) is 0. The Morgan fingerprint density at radius 1 is 1.47 bits per heavy atom. The van der Waals surface area contributed by atoms with Crippen molar-refractivity contribution in [3.63, 3.8) is 0 Å². The number of carboxylic acid groups (broad SMARTS) is 1. The summed E-state index contributed by atoms with van der Waals surface area (Å²) < 4.78 is 0. The molecular formula is C12H20N2O3. The van der Waals surface area contributed by atoms with E-state index in [1.54, 1.807) is 11.8 Å². The van der Waals surface area contributed by atoms with Crippen molar-refractivity contribution in [2.45, 2.75) is 45.2 Å². The van der Waals surface area contributed by atoms with Gasteiger partial charge < -0.3 is 15.3 Å².